The van der Waals surface area contributed by atoms with Gasteiger partial charge in [-0.1, -0.05) is 42.5 Å². The maximum absolute atomic E-state index is 5.88. The van der Waals surface area contributed by atoms with Gasteiger partial charge in [0.25, 0.3) is 0 Å². The van der Waals surface area contributed by atoms with Crippen LogP contribution in [0.3, 0.4) is 0 Å². The number of hydrogen-bond donors (Lipinski definition) is 0. The van der Waals surface area contributed by atoms with Crippen molar-refractivity contribution in [2.24, 2.45) is 0 Å². The number of ether oxygens (including phenoxy) is 1. The Labute approximate surface area is 89.3 Å². The van der Waals surface area contributed by atoms with Crippen molar-refractivity contribution >= 4 is 0 Å². The fraction of sp³-hybridized carbons (Fsp3) is 0.143. The molecule has 1 aliphatic rings. The summed E-state index contributed by atoms with van der Waals surface area (Å²) in [6.07, 6.45) is 1.15. The third kappa shape index (κ3) is 1.50. The summed E-state index contributed by atoms with van der Waals surface area (Å²) in [5.74, 6) is 1.02. The molecule has 1 unspecified atom stereocenters. The molecule has 0 saturated heterocycles. The van der Waals surface area contributed by atoms with Crippen LogP contribution in [0.25, 0.3) is 0 Å². The number of benzene rings is 2. The summed E-state index contributed by atoms with van der Waals surface area (Å²) in [5, 5.41) is 0. The van der Waals surface area contributed by atoms with Crippen molar-refractivity contribution in [1.29, 1.82) is 0 Å². The molecule has 1 atom stereocenters. The highest BCUT2D eigenvalue weighted by molar-refractivity contribution is 5.39. The van der Waals surface area contributed by atoms with E-state index in [4.69, 9.17) is 4.74 Å². The largest absolute Gasteiger partial charge is 0.485 e. The molecule has 2 aromatic carbocycles. The van der Waals surface area contributed by atoms with Crippen LogP contribution >= 0.6 is 0 Å². The molecule has 0 saturated carbocycles. The predicted molar refractivity (Wildman–Crippen MR) is 58.8 cm³/mol. The van der Waals surface area contributed by atoms with Crippen LogP contribution in [-0.4, -0.2) is 0 Å². The van der Waals surface area contributed by atoms with Gasteiger partial charge in [0.1, 0.15) is 11.9 Å². The zero-order valence-corrected chi connectivity index (χ0v) is 8.31. The predicted octanol–water partition coefficient (Wildman–Crippen LogP) is 3.16. The summed E-state index contributed by atoms with van der Waals surface area (Å²) >= 11 is 0. The van der Waals surface area contributed by atoms with Gasteiger partial charge in [-0.2, -0.15) is 0 Å². The van der Waals surface area contributed by atoms with Crippen LogP contribution in [0, 0.1) is 6.07 Å². The van der Waals surface area contributed by atoms with Crippen molar-refractivity contribution in [3.8, 4) is 5.75 Å². The molecule has 2 aromatic rings. The highest BCUT2D eigenvalue weighted by atomic mass is 16.5. The molecule has 0 aromatic heterocycles. The Kier molecular flexibility index (Phi) is 1.95. The summed E-state index contributed by atoms with van der Waals surface area (Å²) in [6.45, 7) is 0. The van der Waals surface area contributed by atoms with Crippen LogP contribution in [0.2, 0.25) is 0 Å². The Hall–Kier alpha value is -1.76. The topological polar surface area (TPSA) is 9.23 Å². The van der Waals surface area contributed by atoms with Gasteiger partial charge in [0, 0.05) is 6.42 Å². The SMILES string of the molecule is [c]1ccc(C2Cc3ccccc3O2)cc1. The van der Waals surface area contributed by atoms with E-state index in [-0.39, 0.29) is 6.10 Å². The molecule has 15 heavy (non-hydrogen) atoms. The number of para-hydroxylation sites is 1. The van der Waals surface area contributed by atoms with E-state index in [0.29, 0.717) is 0 Å². The van der Waals surface area contributed by atoms with Crippen molar-refractivity contribution in [2.45, 2.75) is 12.5 Å². The number of hydrogen-bond acceptors (Lipinski definition) is 1. The maximum Gasteiger partial charge on any atom is 0.128 e. The van der Waals surface area contributed by atoms with E-state index in [1.54, 1.807) is 0 Å². The van der Waals surface area contributed by atoms with Gasteiger partial charge in [0.15, 0.2) is 0 Å². The van der Waals surface area contributed by atoms with Crippen molar-refractivity contribution in [3.63, 3.8) is 0 Å². The Balaban J connectivity index is 1.91. The normalized spacial score (nSPS) is 18.3. The molecular weight excluding hydrogens is 184 g/mol. The fourth-order valence-electron chi connectivity index (χ4n) is 1.98. The second-order valence-electron chi connectivity index (χ2n) is 3.75. The molecule has 1 heteroatoms. The van der Waals surface area contributed by atoms with E-state index in [9.17, 15) is 0 Å². The zero-order chi connectivity index (χ0) is 10.1. The summed E-state index contributed by atoms with van der Waals surface area (Å²) in [4.78, 5) is 0. The third-order valence-corrected chi connectivity index (χ3v) is 2.76. The van der Waals surface area contributed by atoms with E-state index >= 15 is 0 Å². The lowest BCUT2D eigenvalue weighted by Gasteiger charge is -2.10. The highest BCUT2D eigenvalue weighted by Gasteiger charge is 2.23. The highest BCUT2D eigenvalue weighted by Crippen LogP contribution is 2.35. The lowest BCUT2D eigenvalue weighted by molar-refractivity contribution is 0.238. The third-order valence-electron chi connectivity index (χ3n) is 2.76. The van der Waals surface area contributed by atoms with Gasteiger partial charge in [0.05, 0.1) is 0 Å². The maximum atomic E-state index is 5.88. The molecule has 0 N–H and O–H groups in total. The van der Waals surface area contributed by atoms with E-state index in [2.05, 4.69) is 30.3 Å². The van der Waals surface area contributed by atoms with Crippen LogP contribution in [0.1, 0.15) is 17.2 Å². The van der Waals surface area contributed by atoms with Crippen LogP contribution in [0.5, 0.6) is 5.75 Å². The Morgan fingerprint density at radius 3 is 2.67 bits per heavy atom. The van der Waals surface area contributed by atoms with Crippen LogP contribution in [0.15, 0.2) is 48.5 Å². The van der Waals surface area contributed by atoms with E-state index < -0.39 is 0 Å². The van der Waals surface area contributed by atoms with Gasteiger partial charge >= 0.3 is 0 Å². The Morgan fingerprint density at radius 1 is 1.07 bits per heavy atom. The molecule has 73 valence electrons. The van der Waals surface area contributed by atoms with Crippen LogP contribution in [-0.2, 0) is 6.42 Å². The second kappa shape index (κ2) is 3.43. The first-order valence-electron chi connectivity index (χ1n) is 5.14. The summed E-state index contributed by atoms with van der Waals surface area (Å²) in [6, 6.07) is 19.3. The molecule has 1 heterocycles. The van der Waals surface area contributed by atoms with Gasteiger partial charge < -0.3 is 4.74 Å². The first kappa shape index (κ1) is 8.54. The monoisotopic (exact) mass is 195 g/mol. The lowest BCUT2D eigenvalue weighted by atomic mass is 10.0. The first-order valence-corrected chi connectivity index (χ1v) is 5.14. The summed E-state index contributed by atoms with van der Waals surface area (Å²) in [7, 11) is 0. The van der Waals surface area contributed by atoms with Crippen LogP contribution in [0.4, 0.5) is 0 Å². The standard InChI is InChI=1S/C14H11O/c1-2-6-11(7-3-1)14-10-12-8-4-5-9-13(12)15-14/h2-9,14H,10H2. The minimum absolute atomic E-state index is 0.178. The average Bonchev–Trinajstić information content (AvgIpc) is 2.74. The van der Waals surface area contributed by atoms with Gasteiger partial charge in [0.2, 0.25) is 0 Å². The van der Waals surface area contributed by atoms with E-state index in [1.165, 1.54) is 11.1 Å². The molecular formula is C14H11O. The molecule has 1 nitrogen and oxygen atoms in total. The summed E-state index contributed by atoms with van der Waals surface area (Å²) in [5.41, 5.74) is 2.53. The molecule has 0 bridgehead atoms. The minimum Gasteiger partial charge on any atom is -0.485 e. The van der Waals surface area contributed by atoms with Crippen molar-refractivity contribution in [2.75, 3.05) is 0 Å². The number of rotatable bonds is 1. The van der Waals surface area contributed by atoms with Crippen molar-refractivity contribution < 1.29 is 4.74 Å². The minimum atomic E-state index is 0.178. The second-order valence-corrected chi connectivity index (χ2v) is 3.75. The van der Waals surface area contributed by atoms with E-state index in [1.807, 2.05) is 24.3 Å². The first-order chi connectivity index (χ1) is 7.43. The van der Waals surface area contributed by atoms with Crippen molar-refractivity contribution in [1.82, 2.24) is 0 Å². The average molecular weight is 195 g/mol. The molecule has 1 radical (unpaired) electrons. The zero-order valence-electron chi connectivity index (χ0n) is 8.31. The smallest absolute Gasteiger partial charge is 0.128 e. The van der Waals surface area contributed by atoms with Crippen LogP contribution < -0.4 is 4.74 Å². The van der Waals surface area contributed by atoms with Crippen molar-refractivity contribution in [3.05, 3.63) is 65.7 Å². The quantitative estimate of drug-likeness (QED) is 0.679. The van der Waals surface area contributed by atoms with Gasteiger partial charge in [-0.15, -0.1) is 0 Å². The van der Waals surface area contributed by atoms with Gasteiger partial charge in [-0.3, -0.25) is 0 Å². The van der Waals surface area contributed by atoms with Gasteiger partial charge in [-0.05, 0) is 23.3 Å². The molecule has 3 rings (SSSR count). The lowest BCUT2D eigenvalue weighted by Crippen LogP contribution is -2.02. The molecule has 0 fully saturated rings. The fourth-order valence-corrected chi connectivity index (χ4v) is 1.98. The Bertz CT molecular complexity index is 437. The molecule has 1 aliphatic heterocycles. The molecule has 0 aliphatic carbocycles. The molecule has 0 amide bonds. The Morgan fingerprint density at radius 2 is 1.87 bits per heavy atom. The molecule has 0 spiro atoms. The number of fused-ring (bicyclic) bond motifs is 1. The summed E-state index contributed by atoms with van der Waals surface area (Å²) < 4.78 is 5.88. The van der Waals surface area contributed by atoms with Gasteiger partial charge in [-0.25, -0.2) is 0 Å². The van der Waals surface area contributed by atoms with E-state index in [0.717, 1.165) is 12.2 Å².